The number of likely N-dealkylation sites (tertiary alicyclic amines) is 1. The Morgan fingerprint density at radius 1 is 1.16 bits per heavy atom. The molecule has 2 N–H and O–H groups in total. The Hall–Kier alpha value is -0.420. The molecule has 8 heteroatoms. The first-order valence-corrected chi connectivity index (χ1v) is 13.1. The van der Waals surface area contributed by atoms with Gasteiger partial charge in [0.25, 0.3) is 0 Å². The van der Waals surface area contributed by atoms with E-state index >= 15 is 0 Å². The fourth-order valence-corrected chi connectivity index (χ4v) is 5.40. The van der Waals surface area contributed by atoms with Gasteiger partial charge in [0.1, 0.15) is 0 Å². The summed E-state index contributed by atoms with van der Waals surface area (Å²) in [6.45, 7) is 17.8. The second-order valence-electron chi connectivity index (χ2n) is 9.56. The van der Waals surface area contributed by atoms with E-state index in [1.165, 1.54) is 57.0 Å². The minimum Gasteiger partial charge on any atom is -0.357 e. The maximum atomic E-state index is 4.95. The van der Waals surface area contributed by atoms with E-state index in [1.807, 2.05) is 11.3 Å². The molecule has 6 nitrogen and oxygen atoms in total. The number of thiophene rings is 1. The van der Waals surface area contributed by atoms with Gasteiger partial charge in [-0.3, -0.25) is 9.89 Å². The summed E-state index contributed by atoms with van der Waals surface area (Å²) in [6, 6.07) is 4.90. The number of nitrogens with zero attached hydrogens (tertiary/aromatic N) is 4. The molecule has 1 aromatic rings. The SMILES string of the molecule is CCNC(=NCC(C)CN1CCN(C)CC1)NCC(c1cccs1)N1CCC(C)CC1.I. The lowest BCUT2D eigenvalue weighted by Gasteiger charge is -2.36. The van der Waals surface area contributed by atoms with Crippen LogP contribution in [-0.2, 0) is 0 Å². The lowest BCUT2D eigenvalue weighted by molar-refractivity contribution is 0.139. The summed E-state index contributed by atoms with van der Waals surface area (Å²) in [5.41, 5.74) is 0. The van der Waals surface area contributed by atoms with Gasteiger partial charge in [0.2, 0.25) is 0 Å². The number of hydrogen-bond donors (Lipinski definition) is 2. The van der Waals surface area contributed by atoms with Crippen molar-refractivity contribution < 1.29 is 0 Å². The monoisotopic (exact) mass is 576 g/mol. The van der Waals surface area contributed by atoms with E-state index < -0.39 is 0 Å². The van der Waals surface area contributed by atoms with Crippen molar-refractivity contribution >= 4 is 41.3 Å². The third-order valence-electron chi connectivity index (χ3n) is 6.66. The zero-order valence-electron chi connectivity index (χ0n) is 20.6. The van der Waals surface area contributed by atoms with Crippen molar-refractivity contribution in [3.05, 3.63) is 22.4 Å². The Kier molecular flexibility index (Phi) is 12.8. The van der Waals surface area contributed by atoms with Crippen molar-refractivity contribution in [2.24, 2.45) is 16.8 Å². The summed E-state index contributed by atoms with van der Waals surface area (Å²) >= 11 is 1.88. The summed E-state index contributed by atoms with van der Waals surface area (Å²) in [4.78, 5) is 14.1. The molecule has 2 atom stereocenters. The Morgan fingerprint density at radius 2 is 1.88 bits per heavy atom. The van der Waals surface area contributed by atoms with Gasteiger partial charge in [-0.05, 0) is 63.2 Å². The van der Waals surface area contributed by atoms with Crippen molar-refractivity contribution in [2.75, 3.05) is 72.5 Å². The molecule has 3 rings (SSSR count). The Labute approximate surface area is 217 Å². The van der Waals surface area contributed by atoms with Crippen molar-refractivity contribution in [1.82, 2.24) is 25.3 Å². The van der Waals surface area contributed by atoms with Gasteiger partial charge in [0.05, 0.1) is 6.04 Å². The minimum atomic E-state index is 0. The molecular formula is C24H45IN6S. The highest BCUT2D eigenvalue weighted by atomic mass is 127. The normalized spacial score (nSPS) is 21.7. The van der Waals surface area contributed by atoms with Crippen molar-refractivity contribution in [3.63, 3.8) is 0 Å². The van der Waals surface area contributed by atoms with Crippen LogP contribution in [0.1, 0.15) is 44.5 Å². The maximum absolute atomic E-state index is 4.95. The van der Waals surface area contributed by atoms with Gasteiger partial charge in [-0.1, -0.05) is 19.9 Å². The molecule has 0 spiro atoms. The standard InChI is InChI=1S/C24H44N6S.HI/c1-5-25-24(26-17-21(3)19-29-14-12-28(4)13-15-29)27-18-22(23-7-6-16-31-23)30-10-8-20(2)9-11-30;/h6-7,16,20-22H,5,8-15,17-19H2,1-4H3,(H2,25,26,27);1H. The summed E-state index contributed by atoms with van der Waals surface area (Å²) in [6.07, 6.45) is 2.61. The Bertz CT molecular complexity index is 639. The molecule has 0 saturated carbocycles. The van der Waals surface area contributed by atoms with E-state index in [2.05, 4.69) is 70.7 Å². The third-order valence-corrected chi connectivity index (χ3v) is 7.64. The van der Waals surface area contributed by atoms with Gasteiger partial charge in [0, 0.05) is 57.2 Å². The highest BCUT2D eigenvalue weighted by Crippen LogP contribution is 2.29. The number of hydrogen-bond acceptors (Lipinski definition) is 5. The van der Waals surface area contributed by atoms with Crippen LogP contribution in [0.25, 0.3) is 0 Å². The zero-order chi connectivity index (χ0) is 22.1. The van der Waals surface area contributed by atoms with Gasteiger partial charge < -0.3 is 20.4 Å². The van der Waals surface area contributed by atoms with E-state index in [9.17, 15) is 0 Å². The first-order chi connectivity index (χ1) is 15.0. The zero-order valence-corrected chi connectivity index (χ0v) is 23.7. The fraction of sp³-hybridized carbons (Fsp3) is 0.792. The van der Waals surface area contributed by atoms with Crippen LogP contribution in [0.4, 0.5) is 0 Å². The highest BCUT2D eigenvalue weighted by molar-refractivity contribution is 14.0. The molecule has 2 saturated heterocycles. The smallest absolute Gasteiger partial charge is 0.191 e. The quantitative estimate of drug-likeness (QED) is 0.268. The number of halogens is 1. The van der Waals surface area contributed by atoms with Crippen LogP contribution in [-0.4, -0.2) is 93.2 Å². The fourth-order valence-electron chi connectivity index (χ4n) is 4.54. The van der Waals surface area contributed by atoms with Crippen LogP contribution in [0, 0.1) is 11.8 Å². The average Bonchev–Trinajstić information content (AvgIpc) is 3.29. The van der Waals surface area contributed by atoms with E-state index in [-0.39, 0.29) is 24.0 Å². The number of piperidine rings is 1. The molecule has 32 heavy (non-hydrogen) atoms. The van der Waals surface area contributed by atoms with Gasteiger partial charge >= 0.3 is 0 Å². The lowest BCUT2D eigenvalue weighted by Crippen LogP contribution is -2.46. The predicted molar refractivity (Wildman–Crippen MR) is 150 cm³/mol. The van der Waals surface area contributed by atoms with Crippen molar-refractivity contribution in [3.8, 4) is 0 Å². The van der Waals surface area contributed by atoms with Crippen LogP contribution in [0.2, 0.25) is 0 Å². The van der Waals surface area contributed by atoms with Gasteiger partial charge in [-0.2, -0.15) is 0 Å². The van der Waals surface area contributed by atoms with Gasteiger partial charge in [-0.25, -0.2) is 0 Å². The molecular weight excluding hydrogens is 531 g/mol. The van der Waals surface area contributed by atoms with Crippen LogP contribution in [0.5, 0.6) is 0 Å². The minimum absolute atomic E-state index is 0. The van der Waals surface area contributed by atoms with Gasteiger partial charge in [-0.15, -0.1) is 35.3 Å². The van der Waals surface area contributed by atoms with E-state index in [0.717, 1.165) is 38.1 Å². The molecule has 184 valence electrons. The predicted octanol–water partition coefficient (Wildman–Crippen LogP) is 3.58. The number of nitrogens with one attached hydrogen (secondary N) is 2. The molecule has 0 aliphatic carbocycles. The number of aliphatic imine (C=N–C) groups is 1. The summed E-state index contributed by atoms with van der Waals surface area (Å²) in [7, 11) is 2.22. The topological polar surface area (TPSA) is 46.1 Å². The number of piperazine rings is 1. The molecule has 0 radical (unpaired) electrons. The van der Waals surface area contributed by atoms with E-state index in [4.69, 9.17) is 4.99 Å². The summed E-state index contributed by atoms with van der Waals surface area (Å²) in [5.74, 6) is 2.38. The largest absolute Gasteiger partial charge is 0.357 e. The maximum Gasteiger partial charge on any atom is 0.191 e. The number of guanidine groups is 1. The molecule has 3 heterocycles. The van der Waals surface area contributed by atoms with Crippen LogP contribution >= 0.6 is 35.3 Å². The van der Waals surface area contributed by atoms with Crippen molar-refractivity contribution in [1.29, 1.82) is 0 Å². The summed E-state index contributed by atoms with van der Waals surface area (Å²) < 4.78 is 0. The molecule has 2 fully saturated rings. The second kappa shape index (κ2) is 14.8. The molecule has 0 amide bonds. The lowest BCUT2D eigenvalue weighted by atomic mass is 9.97. The van der Waals surface area contributed by atoms with Crippen LogP contribution < -0.4 is 10.6 Å². The van der Waals surface area contributed by atoms with E-state index in [0.29, 0.717) is 12.0 Å². The number of likely N-dealkylation sites (N-methyl/N-ethyl adjacent to an activating group) is 1. The Morgan fingerprint density at radius 3 is 2.50 bits per heavy atom. The Balaban J connectivity index is 0.00000363. The molecule has 2 unspecified atom stereocenters. The van der Waals surface area contributed by atoms with E-state index in [1.54, 1.807) is 0 Å². The summed E-state index contributed by atoms with van der Waals surface area (Å²) in [5, 5.41) is 9.33. The molecule has 0 aromatic carbocycles. The third kappa shape index (κ3) is 9.08. The molecule has 1 aromatic heterocycles. The second-order valence-corrected chi connectivity index (χ2v) is 10.5. The first-order valence-electron chi connectivity index (χ1n) is 12.3. The number of rotatable bonds is 9. The molecule has 2 aliphatic heterocycles. The molecule has 2 aliphatic rings. The van der Waals surface area contributed by atoms with Crippen LogP contribution in [0.15, 0.2) is 22.5 Å². The van der Waals surface area contributed by atoms with Crippen LogP contribution in [0.3, 0.4) is 0 Å². The van der Waals surface area contributed by atoms with Crippen molar-refractivity contribution in [2.45, 2.75) is 39.7 Å². The first kappa shape index (κ1) is 27.8. The highest BCUT2D eigenvalue weighted by Gasteiger charge is 2.25. The van der Waals surface area contributed by atoms with Gasteiger partial charge in [0.15, 0.2) is 5.96 Å². The molecule has 0 bridgehead atoms. The average molecular weight is 577 g/mol.